The smallest absolute Gasteiger partial charge is 0.158 e. The fourth-order valence-corrected chi connectivity index (χ4v) is 1.37. The summed E-state index contributed by atoms with van der Waals surface area (Å²) in [6.07, 6.45) is 4.80. The first kappa shape index (κ1) is 55.4. The van der Waals surface area contributed by atoms with E-state index in [1.54, 1.807) is 28.1 Å². The van der Waals surface area contributed by atoms with Crippen molar-refractivity contribution in [2.75, 3.05) is 48.3 Å². The molecule has 0 aliphatic carbocycles. The topological polar surface area (TPSA) is 88.1 Å². The van der Waals surface area contributed by atoms with E-state index in [0.717, 1.165) is 45.3 Å². The Balaban J connectivity index is -0.0000000451. The van der Waals surface area contributed by atoms with Crippen LogP contribution in [0.1, 0.15) is 122 Å². The highest BCUT2D eigenvalue weighted by Crippen LogP contribution is 1.99. The average molecular weight is 529 g/mol. The molecule has 0 aromatic rings. The maximum Gasteiger partial charge on any atom is 0.158 e. The van der Waals surface area contributed by atoms with Crippen molar-refractivity contribution < 1.29 is 33.3 Å². The quantitative estimate of drug-likeness (QED) is 0.239. The number of carbonyl (C=O) groups is 3. The summed E-state index contributed by atoms with van der Waals surface area (Å²) >= 11 is 0. The molecule has 0 N–H and O–H groups in total. The van der Waals surface area contributed by atoms with Crippen LogP contribution in [0.15, 0.2) is 0 Å². The minimum absolute atomic E-state index is 0.0671. The third-order valence-electron chi connectivity index (χ3n) is 3.06. The van der Waals surface area contributed by atoms with E-state index < -0.39 is 0 Å². The van der Waals surface area contributed by atoms with Crippen LogP contribution in [0.25, 0.3) is 0 Å². The van der Waals surface area contributed by atoms with Crippen LogP contribution in [-0.2, 0) is 33.3 Å². The second-order valence-corrected chi connectivity index (χ2v) is 6.12. The van der Waals surface area contributed by atoms with Gasteiger partial charge in [-0.05, 0) is 47.0 Å². The van der Waals surface area contributed by atoms with Crippen molar-refractivity contribution in [2.24, 2.45) is 0 Å². The summed E-state index contributed by atoms with van der Waals surface area (Å²) in [5, 5.41) is 0. The number of methoxy groups -OCH3 is 4. The van der Waals surface area contributed by atoms with E-state index in [0.29, 0.717) is 0 Å². The van der Waals surface area contributed by atoms with Crippen LogP contribution in [0, 0.1) is 0 Å². The van der Waals surface area contributed by atoms with E-state index in [2.05, 4.69) is 16.4 Å². The highest BCUT2D eigenvalue weighted by Gasteiger charge is 2.01. The molecule has 7 nitrogen and oxygen atoms in total. The van der Waals surface area contributed by atoms with Gasteiger partial charge in [0.2, 0.25) is 0 Å². The Hall–Kier alpha value is -1.15. The predicted molar refractivity (Wildman–Crippen MR) is 158 cm³/mol. The first-order valence-electron chi connectivity index (χ1n) is 13.6. The van der Waals surface area contributed by atoms with Gasteiger partial charge in [0.25, 0.3) is 0 Å². The molecule has 0 saturated carbocycles. The zero-order chi connectivity index (χ0) is 30.8. The van der Waals surface area contributed by atoms with Gasteiger partial charge in [0, 0.05) is 48.1 Å². The Morgan fingerprint density at radius 1 is 0.611 bits per heavy atom. The van der Waals surface area contributed by atoms with Crippen molar-refractivity contribution in [3.05, 3.63) is 0 Å². The number of carbonyl (C=O) groups excluding carboxylic acids is 3. The number of ketones is 3. The summed E-state index contributed by atoms with van der Waals surface area (Å²) in [6, 6.07) is 0. The first-order valence-corrected chi connectivity index (χ1v) is 13.6. The Kier molecular flexibility index (Phi) is 108. The monoisotopic (exact) mass is 528 g/mol. The van der Waals surface area contributed by atoms with Crippen LogP contribution in [0.5, 0.6) is 0 Å². The van der Waals surface area contributed by atoms with Gasteiger partial charge >= 0.3 is 0 Å². The zero-order valence-corrected chi connectivity index (χ0v) is 27.6. The van der Waals surface area contributed by atoms with Gasteiger partial charge in [0.15, 0.2) is 11.6 Å². The van der Waals surface area contributed by atoms with E-state index in [-0.39, 0.29) is 30.1 Å². The van der Waals surface area contributed by atoms with Crippen LogP contribution >= 0.6 is 0 Å². The van der Waals surface area contributed by atoms with Crippen molar-refractivity contribution in [1.29, 1.82) is 0 Å². The third kappa shape index (κ3) is 117. The molecule has 226 valence electrons. The van der Waals surface area contributed by atoms with Crippen molar-refractivity contribution in [2.45, 2.75) is 128 Å². The molecule has 0 bridgehead atoms. The number of unbranched alkanes of at least 4 members (excludes halogenated alkanes) is 2. The molecular weight excluding hydrogens is 460 g/mol. The van der Waals surface area contributed by atoms with Gasteiger partial charge in [0.05, 0.1) is 0 Å². The van der Waals surface area contributed by atoms with E-state index in [1.807, 2.05) is 55.4 Å². The van der Waals surface area contributed by atoms with Crippen molar-refractivity contribution in [3.8, 4) is 0 Å². The summed E-state index contributed by atoms with van der Waals surface area (Å²) in [5.74, 6) is 0.428. The van der Waals surface area contributed by atoms with E-state index >= 15 is 0 Å². The summed E-state index contributed by atoms with van der Waals surface area (Å²) in [5.41, 5.74) is 0. The number of rotatable bonds is 12. The minimum atomic E-state index is -0.236. The fraction of sp³-hybridized carbons (Fsp3) is 0.897. The minimum Gasteiger partial charge on any atom is -0.385 e. The van der Waals surface area contributed by atoms with Gasteiger partial charge < -0.3 is 23.7 Å². The Morgan fingerprint density at radius 3 is 1.17 bits per heavy atom. The molecule has 0 aliphatic heterocycles. The molecule has 0 radical (unpaired) electrons. The zero-order valence-electron chi connectivity index (χ0n) is 27.6. The molecule has 0 heterocycles. The molecule has 0 rings (SSSR count). The summed E-state index contributed by atoms with van der Waals surface area (Å²) in [6.45, 7) is 26.4. The maximum absolute atomic E-state index is 10.4. The van der Waals surface area contributed by atoms with Crippen molar-refractivity contribution in [3.63, 3.8) is 0 Å². The number of hydrogen-bond donors (Lipinski definition) is 0. The van der Waals surface area contributed by atoms with Crippen LogP contribution in [0.4, 0.5) is 0 Å². The first-order chi connectivity index (χ1) is 17.1. The second-order valence-electron chi connectivity index (χ2n) is 6.12. The van der Waals surface area contributed by atoms with Crippen LogP contribution in [0.3, 0.4) is 0 Å². The molecule has 0 aliphatic rings. The van der Waals surface area contributed by atoms with E-state index in [9.17, 15) is 14.4 Å². The largest absolute Gasteiger partial charge is 0.385 e. The Morgan fingerprint density at radius 2 is 1.03 bits per heavy atom. The molecule has 0 spiro atoms. The number of ether oxygens (including phenoxy) is 4. The van der Waals surface area contributed by atoms with Crippen LogP contribution in [0.2, 0.25) is 0 Å². The molecule has 0 fully saturated rings. The van der Waals surface area contributed by atoms with E-state index in [1.165, 1.54) is 28.1 Å². The molecule has 1 atom stereocenters. The SMILES string of the molecule is CC.CC.CC.CC.CCCOC.COC(C)C(C)=O.COCC(C)=O.COCCCCCC(C)=O. The summed E-state index contributed by atoms with van der Waals surface area (Å²) < 4.78 is 18.7. The summed E-state index contributed by atoms with van der Waals surface area (Å²) in [4.78, 5) is 30.6. The second kappa shape index (κ2) is 70.0. The highest BCUT2D eigenvalue weighted by atomic mass is 16.5. The predicted octanol–water partition coefficient (Wildman–Crippen LogP) is 7.76. The van der Waals surface area contributed by atoms with Gasteiger partial charge in [-0.15, -0.1) is 0 Å². The summed E-state index contributed by atoms with van der Waals surface area (Å²) in [7, 11) is 6.43. The standard InChI is InChI=1S/C8H16O2.C5H10O2.C4H8O2.C4H10O.4C2H6/c1-8(9)6-4-3-5-7-10-2;1-4(6)5(2)7-3;1-4(5)3-6-2;1-3-4-5-2;4*1-2/h3-7H2,1-2H3;5H,1-3H3;3H2,1-2H3;3-4H2,1-2H3;4*1-2H3. The lowest BCUT2D eigenvalue weighted by Gasteiger charge is -2.00. The fourth-order valence-electron chi connectivity index (χ4n) is 1.37. The lowest BCUT2D eigenvalue weighted by molar-refractivity contribution is -0.125. The van der Waals surface area contributed by atoms with Gasteiger partial charge in [-0.3, -0.25) is 9.59 Å². The molecule has 0 saturated heterocycles. The number of Topliss-reactive ketones (excluding diaryl/α,β-unsaturated/α-hetero) is 3. The van der Waals surface area contributed by atoms with Gasteiger partial charge in [0.1, 0.15) is 18.5 Å². The average Bonchev–Trinajstić information content (AvgIpc) is 2.89. The van der Waals surface area contributed by atoms with E-state index in [4.69, 9.17) is 9.47 Å². The van der Waals surface area contributed by atoms with Crippen molar-refractivity contribution in [1.82, 2.24) is 0 Å². The molecular formula is C29H68O7. The molecule has 1 unspecified atom stereocenters. The van der Waals surface area contributed by atoms with Gasteiger partial charge in [-0.1, -0.05) is 68.7 Å². The lowest BCUT2D eigenvalue weighted by Crippen LogP contribution is -2.14. The maximum atomic E-state index is 10.4. The van der Waals surface area contributed by atoms with Gasteiger partial charge in [-0.2, -0.15) is 0 Å². The lowest BCUT2D eigenvalue weighted by atomic mass is 10.1. The molecule has 0 aromatic heterocycles. The van der Waals surface area contributed by atoms with Crippen LogP contribution < -0.4 is 0 Å². The Labute approximate surface area is 227 Å². The Bertz CT molecular complexity index is 345. The molecule has 0 aromatic carbocycles. The highest BCUT2D eigenvalue weighted by molar-refractivity contribution is 5.79. The van der Waals surface area contributed by atoms with Crippen LogP contribution in [-0.4, -0.2) is 71.7 Å². The van der Waals surface area contributed by atoms with Crippen molar-refractivity contribution >= 4 is 17.3 Å². The molecule has 0 amide bonds. The third-order valence-corrected chi connectivity index (χ3v) is 3.06. The van der Waals surface area contributed by atoms with Gasteiger partial charge in [-0.25, -0.2) is 0 Å². The number of hydrogen-bond acceptors (Lipinski definition) is 7. The molecule has 36 heavy (non-hydrogen) atoms. The normalized spacial score (nSPS) is 8.58. The molecule has 7 heteroatoms.